The van der Waals surface area contributed by atoms with Crippen molar-refractivity contribution >= 4 is 51.7 Å². The van der Waals surface area contributed by atoms with E-state index >= 15 is 0 Å². The number of aromatic nitrogens is 1. The number of benzene rings is 2. The highest BCUT2D eigenvalue weighted by Crippen LogP contribution is 2.34. The van der Waals surface area contributed by atoms with Gasteiger partial charge in [-0.1, -0.05) is 53.5 Å². The first-order valence-corrected chi connectivity index (χ1v) is 9.15. The highest BCUT2D eigenvalue weighted by atomic mass is 35.5. The van der Waals surface area contributed by atoms with Gasteiger partial charge in [-0.2, -0.15) is 0 Å². The Morgan fingerprint density at radius 2 is 1.86 bits per heavy atom. The number of halogens is 2. The molecule has 0 saturated carbocycles. The van der Waals surface area contributed by atoms with Crippen molar-refractivity contribution < 1.29 is 14.7 Å². The van der Waals surface area contributed by atoms with Crippen molar-refractivity contribution in [1.29, 1.82) is 0 Å². The minimum absolute atomic E-state index is 0.0169. The fraction of sp³-hybridized carbons (Fsp3) is 0.150. The van der Waals surface area contributed by atoms with Crippen LogP contribution in [0.1, 0.15) is 16.1 Å². The minimum atomic E-state index is -1.18. The average Bonchev–Trinajstić information content (AvgIpc) is 2.65. The third kappa shape index (κ3) is 4.52. The monoisotopic (exact) mass is 417 g/mol. The molecule has 0 aliphatic rings. The Morgan fingerprint density at radius 1 is 1.14 bits per heavy atom. The molecule has 8 heteroatoms. The molecule has 0 aliphatic heterocycles. The van der Waals surface area contributed by atoms with Crippen LogP contribution in [0.25, 0.3) is 10.8 Å². The summed E-state index contributed by atoms with van der Waals surface area (Å²) >= 11 is 12.4. The maximum Gasteiger partial charge on any atom is 0.354 e. The number of aromatic carboxylic acids is 1. The first-order chi connectivity index (χ1) is 13.3. The molecular weight excluding hydrogens is 401 g/mol. The second-order valence-corrected chi connectivity index (χ2v) is 7.08. The lowest BCUT2D eigenvalue weighted by Gasteiger charge is -2.21. The van der Waals surface area contributed by atoms with Crippen molar-refractivity contribution in [3.63, 3.8) is 0 Å². The fourth-order valence-electron chi connectivity index (χ4n) is 2.82. The summed E-state index contributed by atoms with van der Waals surface area (Å²) in [5, 5.41) is 14.0. The molecule has 0 bridgehead atoms. The first kappa shape index (κ1) is 19.9. The van der Waals surface area contributed by atoms with E-state index in [1.165, 1.54) is 6.07 Å². The molecule has 0 spiro atoms. The quantitative estimate of drug-likeness (QED) is 0.633. The number of rotatable bonds is 6. The zero-order chi connectivity index (χ0) is 20.3. The topological polar surface area (TPSA) is 82.5 Å². The number of carboxylic acids is 1. The van der Waals surface area contributed by atoms with Gasteiger partial charge in [-0.3, -0.25) is 4.79 Å². The van der Waals surface area contributed by atoms with E-state index < -0.39 is 5.97 Å². The second-order valence-electron chi connectivity index (χ2n) is 6.24. The van der Waals surface area contributed by atoms with E-state index in [0.29, 0.717) is 33.2 Å². The Bertz CT molecular complexity index is 1040. The van der Waals surface area contributed by atoms with Crippen LogP contribution in [0, 0.1) is 0 Å². The zero-order valence-corrected chi connectivity index (χ0v) is 16.5. The van der Waals surface area contributed by atoms with E-state index in [9.17, 15) is 14.7 Å². The smallest absolute Gasteiger partial charge is 0.354 e. The summed E-state index contributed by atoms with van der Waals surface area (Å²) in [6.45, 7) is 0.379. The third-order valence-corrected chi connectivity index (χ3v) is 4.64. The van der Waals surface area contributed by atoms with Crippen LogP contribution in [0.3, 0.4) is 0 Å². The molecule has 0 fully saturated rings. The van der Waals surface area contributed by atoms with Crippen molar-refractivity contribution in [2.75, 3.05) is 18.5 Å². The lowest BCUT2D eigenvalue weighted by atomic mass is 10.1. The van der Waals surface area contributed by atoms with Gasteiger partial charge in [0.1, 0.15) is 5.82 Å². The van der Waals surface area contributed by atoms with Gasteiger partial charge in [-0.05, 0) is 29.1 Å². The molecule has 1 heterocycles. The van der Waals surface area contributed by atoms with Crippen molar-refractivity contribution in [3.05, 3.63) is 69.8 Å². The van der Waals surface area contributed by atoms with Crippen molar-refractivity contribution in [1.82, 2.24) is 10.3 Å². The molecule has 6 nitrogen and oxygen atoms in total. The van der Waals surface area contributed by atoms with Crippen LogP contribution in [-0.4, -0.2) is 35.6 Å². The molecule has 1 aromatic heterocycles. The summed E-state index contributed by atoms with van der Waals surface area (Å²) in [6, 6.07) is 14.1. The van der Waals surface area contributed by atoms with Crippen LogP contribution in [0.15, 0.2) is 48.5 Å². The molecule has 0 unspecified atom stereocenters. The average molecular weight is 418 g/mol. The second kappa shape index (κ2) is 8.46. The maximum absolute atomic E-state index is 12.3. The molecule has 0 aliphatic carbocycles. The predicted molar refractivity (Wildman–Crippen MR) is 110 cm³/mol. The fourth-order valence-corrected chi connectivity index (χ4v) is 3.41. The molecule has 2 aromatic carbocycles. The maximum atomic E-state index is 12.3. The number of nitrogens with zero attached hydrogens (tertiary/aromatic N) is 2. The summed E-state index contributed by atoms with van der Waals surface area (Å²) in [4.78, 5) is 29.5. The number of hydrogen-bond donors (Lipinski definition) is 2. The van der Waals surface area contributed by atoms with Crippen LogP contribution in [0.5, 0.6) is 0 Å². The number of anilines is 1. The van der Waals surface area contributed by atoms with E-state index in [0.717, 1.165) is 5.56 Å². The number of carbonyl (C=O) groups excluding carboxylic acids is 1. The molecule has 28 heavy (non-hydrogen) atoms. The lowest BCUT2D eigenvalue weighted by molar-refractivity contribution is -0.119. The van der Waals surface area contributed by atoms with Crippen LogP contribution in [0.2, 0.25) is 10.0 Å². The summed E-state index contributed by atoms with van der Waals surface area (Å²) in [7, 11) is 1.65. The lowest BCUT2D eigenvalue weighted by Crippen LogP contribution is -2.35. The Hall–Kier alpha value is -2.83. The summed E-state index contributed by atoms with van der Waals surface area (Å²) < 4.78 is 0. The number of fused-ring (bicyclic) bond motifs is 1. The Kier molecular flexibility index (Phi) is 6.02. The minimum Gasteiger partial charge on any atom is -0.477 e. The Labute approximate surface area is 171 Å². The van der Waals surface area contributed by atoms with Crippen LogP contribution >= 0.6 is 23.2 Å². The van der Waals surface area contributed by atoms with Gasteiger partial charge < -0.3 is 15.3 Å². The number of nitrogens with one attached hydrogen (secondary N) is 1. The molecule has 2 N–H and O–H groups in total. The standard InChI is InChI=1S/C20H17Cl2N3O3/c1-25(11-17(26)23-10-12-5-3-2-4-6-12)19-18-13(7-14(21)9-15(18)22)8-16(24-19)20(27)28/h2-9H,10-11H2,1H3,(H,23,26)(H,27,28). The van der Waals surface area contributed by atoms with Gasteiger partial charge in [0.25, 0.3) is 0 Å². The highest BCUT2D eigenvalue weighted by Gasteiger charge is 2.18. The number of amides is 1. The number of hydrogen-bond acceptors (Lipinski definition) is 4. The SMILES string of the molecule is CN(CC(=O)NCc1ccccc1)c1nc(C(=O)O)cc2cc(Cl)cc(Cl)c12. The first-order valence-electron chi connectivity index (χ1n) is 8.40. The summed E-state index contributed by atoms with van der Waals surface area (Å²) in [5.74, 6) is -1.11. The van der Waals surface area contributed by atoms with Gasteiger partial charge >= 0.3 is 5.97 Å². The van der Waals surface area contributed by atoms with Crippen molar-refractivity contribution in [2.24, 2.45) is 0 Å². The molecule has 0 atom stereocenters. The Balaban J connectivity index is 1.86. The summed E-state index contributed by atoms with van der Waals surface area (Å²) in [6.07, 6.45) is 0. The van der Waals surface area contributed by atoms with E-state index in [4.69, 9.17) is 23.2 Å². The van der Waals surface area contributed by atoms with Crippen molar-refractivity contribution in [3.8, 4) is 0 Å². The predicted octanol–water partition coefficient (Wildman–Crippen LogP) is 3.99. The van der Waals surface area contributed by atoms with Gasteiger partial charge in [-0.15, -0.1) is 0 Å². The van der Waals surface area contributed by atoms with E-state index in [2.05, 4.69) is 10.3 Å². The highest BCUT2D eigenvalue weighted by molar-refractivity contribution is 6.39. The number of likely N-dealkylation sites (N-methyl/N-ethyl adjacent to an activating group) is 1. The molecule has 0 saturated heterocycles. The normalized spacial score (nSPS) is 10.7. The molecular formula is C20H17Cl2N3O3. The van der Waals surface area contributed by atoms with E-state index in [1.54, 1.807) is 24.1 Å². The molecule has 0 radical (unpaired) electrons. The molecule has 1 amide bonds. The van der Waals surface area contributed by atoms with Gasteiger partial charge in [0.15, 0.2) is 5.69 Å². The number of carboxylic acid groups (broad SMARTS) is 1. The van der Waals surface area contributed by atoms with Crippen molar-refractivity contribution in [2.45, 2.75) is 6.54 Å². The Morgan fingerprint density at radius 3 is 2.54 bits per heavy atom. The van der Waals surface area contributed by atoms with Crippen LogP contribution in [-0.2, 0) is 11.3 Å². The molecule has 3 aromatic rings. The van der Waals surface area contributed by atoms with Gasteiger partial charge in [0, 0.05) is 24.0 Å². The van der Waals surface area contributed by atoms with E-state index in [-0.39, 0.29) is 18.1 Å². The van der Waals surface area contributed by atoms with Crippen LogP contribution in [0.4, 0.5) is 5.82 Å². The zero-order valence-electron chi connectivity index (χ0n) is 14.9. The third-order valence-electron chi connectivity index (χ3n) is 4.12. The van der Waals surface area contributed by atoms with Crippen LogP contribution < -0.4 is 10.2 Å². The largest absolute Gasteiger partial charge is 0.477 e. The number of carbonyl (C=O) groups is 2. The molecule has 3 rings (SSSR count). The molecule has 144 valence electrons. The van der Waals surface area contributed by atoms with Gasteiger partial charge in [-0.25, -0.2) is 9.78 Å². The number of pyridine rings is 1. The summed E-state index contributed by atoms with van der Waals surface area (Å²) in [5.41, 5.74) is 0.824. The van der Waals surface area contributed by atoms with Gasteiger partial charge in [0.2, 0.25) is 5.91 Å². The van der Waals surface area contributed by atoms with E-state index in [1.807, 2.05) is 30.3 Å². The van der Waals surface area contributed by atoms with Gasteiger partial charge in [0.05, 0.1) is 11.6 Å².